The number of benzene rings is 1. The van der Waals surface area contributed by atoms with Gasteiger partial charge in [0.2, 0.25) is 0 Å². The molecule has 9 heteroatoms. The van der Waals surface area contributed by atoms with Crippen molar-refractivity contribution in [1.29, 1.82) is 0 Å². The zero-order valence-corrected chi connectivity index (χ0v) is 14.9. The van der Waals surface area contributed by atoms with Crippen molar-refractivity contribution in [1.82, 2.24) is 10.6 Å². The molecule has 2 aromatic rings. The van der Waals surface area contributed by atoms with Crippen molar-refractivity contribution in [3.8, 4) is 0 Å². The molecule has 0 saturated heterocycles. The topological polar surface area (TPSA) is 69.8 Å². The second-order valence-corrected chi connectivity index (χ2v) is 6.10. The first-order chi connectivity index (χ1) is 12.6. The molecule has 0 aliphatic carbocycles. The van der Waals surface area contributed by atoms with Crippen LogP contribution >= 0.6 is 0 Å². The Morgan fingerprint density at radius 1 is 1.22 bits per heavy atom. The predicted octanol–water partition coefficient (Wildman–Crippen LogP) is 3.40. The van der Waals surface area contributed by atoms with Crippen LogP contribution in [-0.4, -0.2) is 24.2 Å². The molecule has 0 saturated carbocycles. The van der Waals surface area contributed by atoms with Crippen LogP contribution in [0.5, 0.6) is 0 Å². The molecule has 0 amide bonds. The SMILES string of the molecule is CCNC(=NCc1ccc(F)cc1C(F)(F)F)NCC(C)(O)c1ccco1. The highest BCUT2D eigenvalue weighted by Gasteiger charge is 2.33. The van der Waals surface area contributed by atoms with Gasteiger partial charge in [-0.3, -0.25) is 0 Å². The van der Waals surface area contributed by atoms with E-state index in [0.29, 0.717) is 18.4 Å². The summed E-state index contributed by atoms with van der Waals surface area (Å²) in [6, 6.07) is 5.72. The fourth-order valence-corrected chi connectivity index (χ4v) is 2.38. The highest BCUT2D eigenvalue weighted by Crippen LogP contribution is 2.32. The van der Waals surface area contributed by atoms with Crippen molar-refractivity contribution in [3.05, 3.63) is 59.3 Å². The van der Waals surface area contributed by atoms with Crippen LogP contribution in [-0.2, 0) is 18.3 Å². The number of aliphatic hydroxyl groups is 1. The van der Waals surface area contributed by atoms with Gasteiger partial charge in [0, 0.05) is 6.54 Å². The highest BCUT2D eigenvalue weighted by atomic mass is 19.4. The van der Waals surface area contributed by atoms with E-state index in [1.165, 1.54) is 13.2 Å². The van der Waals surface area contributed by atoms with Crippen LogP contribution in [0.4, 0.5) is 17.6 Å². The van der Waals surface area contributed by atoms with Crippen molar-refractivity contribution in [2.45, 2.75) is 32.2 Å². The van der Waals surface area contributed by atoms with Crippen molar-refractivity contribution < 1.29 is 27.1 Å². The molecule has 0 radical (unpaired) electrons. The van der Waals surface area contributed by atoms with Gasteiger partial charge < -0.3 is 20.2 Å². The number of halogens is 4. The van der Waals surface area contributed by atoms with Crippen LogP contribution in [0.15, 0.2) is 46.0 Å². The van der Waals surface area contributed by atoms with E-state index < -0.39 is 23.2 Å². The number of rotatable bonds is 6. The second-order valence-electron chi connectivity index (χ2n) is 6.10. The largest absolute Gasteiger partial charge is 0.466 e. The summed E-state index contributed by atoms with van der Waals surface area (Å²) in [4.78, 5) is 4.10. The van der Waals surface area contributed by atoms with Crippen molar-refractivity contribution in [2.75, 3.05) is 13.1 Å². The normalized spacial score (nSPS) is 14.7. The Labute approximate surface area is 154 Å². The van der Waals surface area contributed by atoms with Crippen LogP contribution in [0, 0.1) is 5.82 Å². The Morgan fingerprint density at radius 2 is 1.96 bits per heavy atom. The first-order valence-corrected chi connectivity index (χ1v) is 8.27. The van der Waals surface area contributed by atoms with Gasteiger partial charge in [0.1, 0.15) is 17.2 Å². The minimum atomic E-state index is -4.68. The highest BCUT2D eigenvalue weighted by molar-refractivity contribution is 5.79. The summed E-state index contributed by atoms with van der Waals surface area (Å²) < 4.78 is 57.6. The van der Waals surface area contributed by atoms with Crippen LogP contribution in [0.25, 0.3) is 0 Å². The predicted molar refractivity (Wildman–Crippen MR) is 92.5 cm³/mol. The molecule has 27 heavy (non-hydrogen) atoms. The molecule has 1 aromatic heterocycles. The maximum atomic E-state index is 13.2. The molecule has 1 unspecified atom stereocenters. The van der Waals surface area contributed by atoms with Crippen LogP contribution < -0.4 is 10.6 Å². The summed E-state index contributed by atoms with van der Waals surface area (Å²) in [7, 11) is 0. The van der Waals surface area contributed by atoms with Gasteiger partial charge in [-0.1, -0.05) is 6.07 Å². The van der Waals surface area contributed by atoms with Gasteiger partial charge in [-0.15, -0.1) is 0 Å². The van der Waals surface area contributed by atoms with Crippen LogP contribution in [0.3, 0.4) is 0 Å². The van der Waals surface area contributed by atoms with E-state index in [9.17, 15) is 22.7 Å². The lowest BCUT2D eigenvalue weighted by Gasteiger charge is -2.22. The summed E-state index contributed by atoms with van der Waals surface area (Å²) in [6.07, 6.45) is -3.25. The lowest BCUT2D eigenvalue weighted by Crippen LogP contribution is -2.44. The number of aliphatic imine (C=N–C) groups is 1. The maximum Gasteiger partial charge on any atom is 0.416 e. The van der Waals surface area contributed by atoms with Gasteiger partial charge in [-0.2, -0.15) is 13.2 Å². The van der Waals surface area contributed by atoms with Gasteiger partial charge in [0.05, 0.1) is 24.9 Å². The minimum Gasteiger partial charge on any atom is -0.466 e. The Morgan fingerprint density at radius 3 is 2.56 bits per heavy atom. The molecule has 5 nitrogen and oxygen atoms in total. The molecular weight excluding hydrogens is 366 g/mol. The molecule has 0 fully saturated rings. The summed E-state index contributed by atoms with van der Waals surface area (Å²) in [5, 5.41) is 16.2. The average molecular weight is 387 g/mol. The standard InChI is InChI=1S/C18H21F4N3O2/c1-3-23-16(25-11-17(2,26)15-5-4-8-27-15)24-10-12-6-7-13(19)9-14(12)18(20,21)22/h4-9,26H,3,10-11H2,1-2H3,(H2,23,24,25). The molecular formula is C18H21F4N3O2. The third-order valence-electron chi connectivity index (χ3n) is 3.78. The Hall–Kier alpha value is -2.55. The zero-order valence-electron chi connectivity index (χ0n) is 14.9. The second kappa shape index (κ2) is 8.43. The molecule has 1 aromatic carbocycles. The summed E-state index contributed by atoms with van der Waals surface area (Å²) >= 11 is 0. The fraction of sp³-hybridized carbons (Fsp3) is 0.389. The Kier molecular flexibility index (Phi) is 6.48. The third kappa shape index (κ3) is 5.72. The van der Waals surface area contributed by atoms with Crippen molar-refractivity contribution in [3.63, 3.8) is 0 Å². The van der Waals surface area contributed by atoms with E-state index in [1.54, 1.807) is 19.1 Å². The molecule has 0 aliphatic rings. The van der Waals surface area contributed by atoms with Crippen LogP contribution in [0.1, 0.15) is 30.7 Å². The number of nitrogens with zero attached hydrogens (tertiary/aromatic N) is 1. The van der Waals surface area contributed by atoms with Crippen molar-refractivity contribution >= 4 is 5.96 Å². The molecule has 0 aliphatic heterocycles. The summed E-state index contributed by atoms with van der Waals surface area (Å²) in [5.41, 5.74) is -2.56. The molecule has 0 bridgehead atoms. The van der Waals surface area contributed by atoms with E-state index in [2.05, 4.69) is 15.6 Å². The number of hydrogen-bond donors (Lipinski definition) is 3. The van der Waals surface area contributed by atoms with E-state index in [0.717, 1.165) is 12.1 Å². The maximum absolute atomic E-state index is 13.2. The molecule has 1 atom stereocenters. The number of alkyl halides is 3. The Bertz CT molecular complexity index is 771. The summed E-state index contributed by atoms with van der Waals surface area (Å²) in [6.45, 7) is 3.49. The van der Waals surface area contributed by atoms with Gasteiger partial charge >= 0.3 is 6.18 Å². The monoisotopic (exact) mass is 387 g/mol. The average Bonchev–Trinajstić information content (AvgIpc) is 3.13. The number of furan rings is 1. The quantitative estimate of drug-likeness (QED) is 0.404. The molecule has 3 N–H and O–H groups in total. The van der Waals surface area contributed by atoms with Gasteiger partial charge in [0.15, 0.2) is 5.96 Å². The smallest absolute Gasteiger partial charge is 0.416 e. The van der Waals surface area contributed by atoms with E-state index in [1.807, 2.05) is 0 Å². The first kappa shape index (κ1) is 20.8. The number of hydrogen-bond acceptors (Lipinski definition) is 3. The molecule has 148 valence electrons. The van der Waals surface area contributed by atoms with Gasteiger partial charge in [0.25, 0.3) is 0 Å². The molecule has 1 heterocycles. The van der Waals surface area contributed by atoms with E-state index >= 15 is 0 Å². The first-order valence-electron chi connectivity index (χ1n) is 8.27. The molecule has 2 rings (SSSR count). The van der Waals surface area contributed by atoms with Gasteiger partial charge in [-0.25, -0.2) is 9.38 Å². The minimum absolute atomic E-state index is 0.0158. The van der Waals surface area contributed by atoms with Crippen molar-refractivity contribution in [2.24, 2.45) is 4.99 Å². The van der Waals surface area contributed by atoms with Gasteiger partial charge in [-0.05, 0) is 43.7 Å². The third-order valence-corrected chi connectivity index (χ3v) is 3.78. The van der Waals surface area contributed by atoms with E-state index in [4.69, 9.17) is 4.42 Å². The lowest BCUT2D eigenvalue weighted by atomic mass is 10.0. The van der Waals surface area contributed by atoms with Crippen LogP contribution in [0.2, 0.25) is 0 Å². The zero-order chi connectivity index (χ0) is 20.1. The fourth-order valence-electron chi connectivity index (χ4n) is 2.38. The Balaban J connectivity index is 2.14. The number of guanidine groups is 1. The van der Waals surface area contributed by atoms with E-state index in [-0.39, 0.29) is 24.6 Å². The lowest BCUT2D eigenvalue weighted by molar-refractivity contribution is -0.138. The number of nitrogens with one attached hydrogen (secondary N) is 2. The summed E-state index contributed by atoms with van der Waals surface area (Å²) in [5.74, 6) is -0.417. The molecule has 0 spiro atoms.